The van der Waals surface area contributed by atoms with Gasteiger partial charge in [0.25, 0.3) is 0 Å². The fourth-order valence-corrected chi connectivity index (χ4v) is 3.34. The SMILES string of the molecule is COCC(C)NC(=O)N(Cc1ccc(OC)c(OC)c1)C1CCCC1. The highest BCUT2D eigenvalue weighted by Gasteiger charge is 2.27. The molecule has 1 aliphatic carbocycles. The Morgan fingerprint density at radius 3 is 2.48 bits per heavy atom. The Kier molecular flexibility index (Phi) is 7.37. The first-order valence-corrected chi connectivity index (χ1v) is 8.86. The van der Waals surface area contributed by atoms with Crippen LogP contribution in [-0.4, -0.2) is 51.0 Å². The van der Waals surface area contributed by atoms with E-state index in [2.05, 4.69) is 5.32 Å². The van der Waals surface area contributed by atoms with Gasteiger partial charge in [0.1, 0.15) is 0 Å². The van der Waals surface area contributed by atoms with Gasteiger partial charge in [0.05, 0.1) is 26.9 Å². The van der Waals surface area contributed by atoms with Crippen LogP contribution in [0.4, 0.5) is 4.79 Å². The van der Waals surface area contributed by atoms with Crippen molar-refractivity contribution in [3.63, 3.8) is 0 Å². The summed E-state index contributed by atoms with van der Waals surface area (Å²) in [4.78, 5) is 14.7. The molecule has 1 aliphatic rings. The summed E-state index contributed by atoms with van der Waals surface area (Å²) in [5.74, 6) is 1.37. The summed E-state index contributed by atoms with van der Waals surface area (Å²) >= 11 is 0. The summed E-state index contributed by atoms with van der Waals surface area (Å²) in [6.07, 6.45) is 4.46. The lowest BCUT2D eigenvalue weighted by Crippen LogP contribution is -2.48. The van der Waals surface area contributed by atoms with Crippen molar-refractivity contribution in [2.75, 3.05) is 27.9 Å². The Labute approximate surface area is 150 Å². The fourth-order valence-electron chi connectivity index (χ4n) is 3.34. The third-order valence-corrected chi connectivity index (χ3v) is 4.61. The second-order valence-corrected chi connectivity index (χ2v) is 6.56. The zero-order valence-corrected chi connectivity index (χ0v) is 15.7. The van der Waals surface area contributed by atoms with Gasteiger partial charge >= 0.3 is 6.03 Å². The highest BCUT2D eigenvalue weighted by atomic mass is 16.5. The number of nitrogens with zero attached hydrogens (tertiary/aromatic N) is 1. The summed E-state index contributed by atoms with van der Waals surface area (Å²) in [5.41, 5.74) is 1.03. The van der Waals surface area contributed by atoms with Gasteiger partial charge in [-0.2, -0.15) is 0 Å². The molecule has 1 atom stereocenters. The van der Waals surface area contributed by atoms with E-state index in [0.717, 1.165) is 18.4 Å². The predicted molar refractivity (Wildman–Crippen MR) is 97.2 cm³/mol. The second-order valence-electron chi connectivity index (χ2n) is 6.56. The number of rotatable bonds is 8. The molecule has 6 heteroatoms. The topological polar surface area (TPSA) is 60.0 Å². The smallest absolute Gasteiger partial charge is 0.318 e. The van der Waals surface area contributed by atoms with Gasteiger partial charge in [0.2, 0.25) is 0 Å². The van der Waals surface area contributed by atoms with Crippen LogP contribution in [0.1, 0.15) is 38.2 Å². The van der Waals surface area contributed by atoms with E-state index in [1.807, 2.05) is 30.0 Å². The molecule has 1 fully saturated rings. The van der Waals surface area contributed by atoms with E-state index in [1.54, 1.807) is 21.3 Å². The standard InChI is InChI=1S/C19H30N2O4/c1-14(13-23-2)20-19(22)21(16-7-5-6-8-16)12-15-9-10-17(24-3)18(11-15)25-4/h9-11,14,16H,5-8,12-13H2,1-4H3,(H,20,22). The van der Waals surface area contributed by atoms with Crippen molar-refractivity contribution in [2.45, 2.75) is 51.2 Å². The summed E-state index contributed by atoms with van der Waals surface area (Å²) in [6.45, 7) is 3.00. The number of amides is 2. The van der Waals surface area contributed by atoms with Gasteiger partial charge in [-0.15, -0.1) is 0 Å². The number of methoxy groups -OCH3 is 3. The van der Waals surface area contributed by atoms with E-state index >= 15 is 0 Å². The molecule has 0 saturated heterocycles. The van der Waals surface area contributed by atoms with Crippen LogP contribution < -0.4 is 14.8 Å². The third kappa shape index (κ3) is 5.26. The molecule has 0 bridgehead atoms. The number of nitrogens with one attached hydrogen (secondary N) is 1. The van der Waals surface area contributed by atoms with E-state index in [1.165, 1.54) is 12.8 Å². The maximum atomic E-state index is 12.8. The van der Waals surface area contributed by atoms with Crippen molar-refractivity contribution in [2.24, 2.45) is 0 Å². The zero-order chi connectivity index (χ0) is 18.2. The average Bonchev–Trinajstić information content (AvgIpc) is 3.13. The number of carbonyl (C=O) groups is 1. The summed E-state index contributed by atoms with van der Waals surface area (Å²) in [7, 11) is 4.88. The fraction of sp³-hybridized carbons (Fsp3) is 0.632. The largest absolute Gasteiger partial charge is 0.493 e. The van der Waals surface area contributed by atoms with Gasteiger partial charge in [0, 0.05) is 19.7 Å². The molecular formula is C19H30N2O4. The van der Waals surface area contributed by atoms with Gasteiger partial charge in [0.15, 0.2) is 11.5 Å². The van der Waals surface area contributed by atoms with Crippen molar-refractivity contribution in [1.82, 2.24) is 10.2 Å². The third-order valence-electron chi connectivity index (χ3n) is 4.61. The van der Waals surface area contributed by atoms with Crippen LogP contribution in [0, 0.1) is 0 Å². The lowest BCUT2D eigenvalue weighted by molar-refractivity contribution is 0.147. The van der Waals surface area contributed by atoms with E-state index < -0.39 is 0 Å². The normalized spacial score (nSPS) is 15.7. The van der Waals surface area contributed by atoms with Crippen LogP contribution in [0.15, 0.2) is 18.2 Å². The van der Waals surface area contributed by atoms with E-state index in [-0.39, 0.29) is 18.1 Å². The quantitative estimate of drug-likeness (QED) is 0.782. The number of hydrogen-bond acceptors (Lipinski definition) is 4. The highest BCUT2D eigenvalue weighted by molar-refractivity contribution is 5.75. The minimum atomic E-state index is -0.0359. The van der Waals surface area contributed by atoms with Crippen LogP contribution in [0.2, 0.25) is 0 Å². The van der Waals surface area contributed by atoms with Crippen LogP contribution in [0.25, 0.3) is 0 Å². The lowest BCUT2D eigenvalue weighted by atomic mass is 10.1. The van der Waals surface area contributed by atoms with Crippen LogP contribution >= 0.6 is 0 Å². The summed E-state index contributed by atoms with van der Waals surface area (Å²) < 4.78 is 15.8. The first-order valence-electron chi connectivity index (χ1n) is 8.86. The Morgan fingerprint density at radius 1 is 1.20 bits per heavy atom. The molecule has 25 heavy (non-hydrogen) atoms. The first-order chi connectivity index (χ1) is 12.1. The molecule has 2 rings (SSSR count). The molecule has 1 saturated carbocycles. The second kappa shape index (κ2) is 9.51. The molecule has 0 heterocycles. The van der Waals surface area contributed by atoms with E-state index in [0.29, 0.717) is 24.7 Å². The number of benzene rings is 1. The minimum Gasteiger partial charge on any atom is -0.493 e. The number of ether oxygens (including phenoxy) is 3. The number of carbonyl (C=O) groups excluding carboxylic acids is 1. The molecule has 0 aliphatic heterocycles. The highest BCUT2D eigenvalue weighted by Crippen LogP contribution is 2.30. The molecule has 1 aromatic carbocycles. The zero-order valence-electron chi connectivity index (χ0n) is 15.7. The van der Waals surface area contributed by atoms with Gasteiger partial charge in [-0.3, -0.25) is 0 Å². The molecule has 140 valence electrons. The summed E-state index contributed by atoms with van der Waals surface area (Å²) in [6, 6.07) is 6.02. The Balaban J connectivity index is 2.14. The van der Waals surface area contributed by atoms with Crippen LogP contribution in [0.5, 0.6) is 11.5 Å². The molecule has 0 aromatic heterocycles. The maximum Gasteiger partial charge on any atom is 0.318 e. The van der Waals surface area contributed by atoms with Gasteiger partial charge < -0.3 is 24.4 Å². The van der Waals surface area contributed by atoms with Gasteiger partial charge in [-0.1, -0.05) is 18.9 Å². The van der Waals surface area contributed by atoms with Gasteiger partial charge in [-0.25, -0.2) is 4.79 Å². The lowest BCUT2D eigenvalue weighted by Gasteiger charge is -2.30. The Hall–Kier alpha value is -1.95. The summed E-state index contributed by atoms with van der Waals surface area (Å²) in [5, 5.41) is 3.04. The van der Waals surface area contributed by atoms with Crippen molar-refractivity contribution in [3.8, 4) is 11.5 Å². The molecule has 1 aromatic rings. The van der Waals surface area contributed by atoms with E-state index in [9.17, 15) is 4.79 Å². The monoisotopic (exact) mass is 350 g/mol. The molecule has 1 unspecified atom stereocenters. The van der Waals surface area contributed by atoms with Crippen LogP contribution in [-0.2, 0) is 11.3 Å². The Bertz CT molecular complexity index is 558. The van der Waals surface area contributed by atoms with Crippen LogP contribution in [0.3, 0.4) is 0 Å². The van der Waals surface area contributed by atoms with Crippen molar-refractivity contribution in [1.29, 1.82) is 0 Å². The maximum absolute atomic E-state index is 12.8. The number of urea groups is 1. The molecule has 1 N–H and O–H groups in total. The molecule has 2 amide bonds. The number of hydrogen-bond donors (Lipinski definition) is 1. The van der Waals surface area contributed by atoms with Crippen molar-refractivity contribution in [3.05, 3.63) is 23.8 Å². The minimum absolute atomic E-state index is 0.0215. The molecule has 6 nitrogen and oxygen atoms in total. The molecule has 0 spiro atoms. The van der Waals surface area contributed by atoms with Gasteiger partial charge in [-0.05, 0) is 37.5 Å². The van der Waals surface area contributed by atoms with Crippen molar-refractivity contribution >= 4 is 6.03 Å². The average molecular weight is 350 g/mol. The van der Waals surface area contributed by atoms with E-state index in [4.69, 9.17) is 14.2 Å². The Morgan fingerprint density at radius 2 is 1.88 bits per heavy atom. The predicted octanol–water partition coefficient (Wildman–Crippen LogP) is 3.19. The molecule has 0 radical (unpaired) electrons. The van der Waals surface area contributed by atoms with Crippen molar-refractivity contribution < 1.29 is 19.0 Å². The first kappa shape index (κ1) is 19.4. The molecular weight excluding hydrogens is 320 g/mol.